The van der Waals surface area contributed by atoms with Crippen molar-refractivity contribution < 1.29 is 4.79 Å². The summed E-state index contributed by atoms with van der Waals surface area (Å²) in [6.07, 6.45) is 5.58. The van der Waals surface area contributed by atoms with Gasteiger partial charge in [0.1, 0.15) is 0 Å². The average molecular weight is 406 g/mol. The molecule has 0 unspecified atom stereocenters. The number of benzene rings is 1. The second kappa shape index (κ2) is 9.27. The molecule has 0 spiro atoms. The summed E-state index contributed by atoms with van der Waals surface area (Å²) in [6, 6.07) is 14.1. The Labute approximate surface area is 172 Å². The molecule has 0 amide bonds. The minimum Gasteiger partial charge on any atom is -0.399 e. The van der Waals surface area contributed by atoms with E-state index >= 15 is 0 Å². The van der Waals surface area contributed by atoms with Crippen LogP contribution < -0.4 is 11.1 Å². The molecule has 0 aliphatic heterocycles. The van der Waals surface area contributed by atoms with Gasteiger partial charge in [0.25, 0.3) is 0 Å². The molecule has 3 N–H and O–H groups in total. The van der Waals surface area contributed by atoms with E-state index in [9.17, 15) is 4.79 Å². The van der Waals surface area contributed by atoms with E-state index in [0.29, 0.717) is 6.42 Å². The van der Waals surface area contributed by atoms with Gasteiger partial charge in [0, 0.05) is 30.4 Å². The Kier molecular flexibility index (Phi) is 7.31. The Balaban J connectivity index is 0.00000131. The van der Waals surface area contributed by atoms with Crippen LogP contribution in [-0.2, 0) is 19.4 Å². The highest BCUT2D eigenvalue weighted by atomic mass is 35.5. The van der Waals surface area contributed by atoms with Crippen LogP contribution in [0.3, 0.4) is 0 Å². The van der Waals surface area contributed by atoms with Crippen molar-refractivity contribution in [2.45, 2.75) is 32.2 Å². The Bertz CT molecular complexity index is 936. The normalized spacial score (nSPS) is 13.0. The second-order valence-corrected chi connectivity index (χ2v) is 6.71. The minimum absolute atomic E-state index is 0. The summed E-state index contributed by atoms with van der Waals surface area (Å²) in [7, 11) is 0. The standard InChI is InChI=1S/C21H23N3O.2ClH/c22-16-6-3-5-15(13-16)14-23-11-10-17-18-7-4-9-20(25)21(18)24-12-2-1-8-19(17)24;;/h1-3,5-6,8,12-13,23H,4,7,9-11,14,22H2;2*1H. The molecule has 3 aromatic rings. The van der Waals surface area contributed by atoms with Gasteiger partial charge in [-0.15, -0.1) is 24.8 Å². The lowest BCUT2D eigenvalue weighted by molar-refractivity contribution is 0.0966. The number of halogens is 2. The number of aromatic nitrogens is 1. The van der Waals surface area contributed by atoms with E-state index in [-0.39, 0.29) is 30.6 Å². The molecule has 0 bridgehead atoms. The summed E-state index contributed by atoms with van der Waals surface area (Å²) >= 11 is 0. The number of hydrogen-bond acceptors (Lipinski definition) is 3. The third kappa shape index (κ3) is 4.29. The third-order valence-electron chi connectivity index (χ3n) is 4.99. The molecule has 4 nitrogen and oxygen atoms in total. The summed E-state index contributed by atoms with van der Waals surface area (Å²) in [5.74, 6) is 0.279. The lowest BCUT2D eigenvalue weighted by atomic mass is 9.92. The molecule has 1 aliphatic rings. The van der Waals surface area contributed by atoms with Crippen LogP contribution in [0.4, 0.5) is 5.69 Å². The molecule has 1 aromatic carbocycles. The maximum absolute atomic E-state index is 12.4. The summed E-state index contributed by atoms with van der Waals surface area (Å²) in [4.78, 5) is 12.4. The fourth-order valence-electron chi connectivity index (χ4n) is 3.87. The predicted octanol–water partition coefficient (Wildman–Crippen LogP) is 4.22. The Morgan fingerprint density at radius 2 is 1.93 bits per heavy atom. The quantitative estimate of drug-likeness (QED) is 0.493. The van der Waals surface area contributed by atoms with E-state index in [0.717, 1.165) is 43.7 Å². The topological polar surface area (TPSA) is 59.5 Å². The smallest absolute Gasteiger partial charge is 0.179 e. The lowest BCUT2D eigenvalue weighted by Crippen LogP contribution is -2.18. The average Bonchev–Trinajstić information content (AvgIpc) is 2.94. The monoisotopic (exact) mass is 405 g/mol. The van der Waals surface area contributed by atoms with Gasteiger partial charge in [-0.1, -0.05) is 18.2 Å². The maximum atomic E-state index is 12.4. The zero-order valence-corrected chi connectivity index (χ0v) is 16.7. The first-order chi connectivity index (χ1) is 12.2. The molecule has 0 radical (unpaired) electrons. The Morgan fingerprint density at radius 3 is 2.74 bits per heavy atom. The van der Waals surface area contributed by atoms with E-state index in [1.54, 1.807) is 0 Å². The third-order valence-corrected chi connectivity index (χ3v) is 4.99. The molecule has 0 fully saturated rings. The number of anilines is 1. The van der Waals surface area contributed by atoms with Crippen molar-refractivity contribution in [1.82, 2.24) is 9.72 Å². The first kappa shape index (κ1) is 21.3. The SMILES string of the molecule is Cl.Cl.Nc1cccc(CNCCc2c3c(n4ccccc24)C(=O)CCC3)c1. The van der Waals surface area contributed by atoms with Gasteiger partial charge in [-0.3, -0.25) is 4.79 Å². The van der Waals surface area contributed by atoms with Crippen LogP contribution in [0.25, 0.3) is 5.52 Å². The van der Waals surface area contributed by atoms with Gasteiger partial charge in [0.15, 0.2) is 5.78 Å². The van der Waals surface area contributed by atoms with Crippen LogP contribution in [0.5, 0.6) is 0 Å². The highest BCUT2D eigenvalue weighted by molar-refractivity contribution is 5.99. The van der Waals surface area contributed by atoms with Gasteiger partial charge in [0.2, 0.25) is 0 Å². The van der Waals surface area contributed by atoms with Crippen molar-refractivity contribution in [2.75, 3.05) is 12.3 Å². The fourth-order valence-corrected chi connectivity index (χ4v) is 3.87. The molecule has 0 saturated carbocycles. The molecule has 6 heteroatoms. The molecular formula is C21H25Cl2N3O. The fraction of sp³-hybridized carbons (Fsp3) is 0.286. The van der Waals surface area contributed by atoms with Crippen LogP contribution >= 0.6 is 24.8 Å². The number of ketones is 1. The van der Waals surface area contributed by atoms with Gasteiger partial charge in [-0.25, -0.2) is 0 Å². The van der Waals surface area contributed by atoms with Gasteiger partial charge >= 0.3 is 0 Å². The number of Topliss-reactive ketones (excluding diaryl/α,β-unsaturated/α-hetero) is 1. The molecule has 2 aromatic heterocycles. The van der Waals surface area contributed by atoms with Crippen molar-refractivity contribution in [2.24, 2.45) is 0 Å². The van der Waals surface area contributed by atoms with Crippen molar-refractivity contribution in [1.29, 1.82) is 0 Å². The van der Waals surface area contributed by atoms with E-state index in [1.165, 1.54) is 22.2 Å². The van der Waals surface area contributed by atoms with Crippen molar-refractivity contribution in [3.8, 4) is 0 Å². The van der Waals surface area contributed by atoms with Crippen LogP contribution in [0.2, 0.25) is 0 Å². The van der Waals surface area contributed by atoms with E-state index < -0.39 is 0 Å². The number of carbonyl (C=O) groups excluding carboxylic acids is 1. The number of hydrogen-bond donors (Lipinski definition) is 2. The molecule has 1 aliphatic carbocycles. The molecule has 0 saturated heterocycles. The first-order valence-corrected chi connectivity index (χ1v) is 8.93. The van der Waals surface area contributed by atoms with Gasteiger partial charge < -0.3 is 15.5 Å². The van der Waals surface area contributed by atoms with Crippen LogP contribution in [-0.4, -0.2) is 16.7 Å². The molecule has 4 rings (SSSR count). The summed E-state index contributed by atoms with van der Waals surface area (Å²) in [5.41, 5.74) is 12.5. The number of pyridine rings is 1. The maximum Gasteiger partial charge on any atom is 0.179 e. The second-order valence-electron chi connectivity index (χ2n) is 6.71. The molecule has 0 atom stereocenters. The van der Waals surface area contributed by atoms with Crippen molar-refractivity contribution in [3.05, 3.63) is 71.0 Å². The summed E-state index contributed by atoms with van der Waals surface area (Å²) in [5, 5.41) is 3.50. The van der Waals surface area contributed by atoms with Gasteiger partial charge in [-0.05, 0) is 66.8 Å². The van der Waals surface area contributed by atoms with Gasteiger partial charge in [0.05, 0.1) is 5.69 Å². The van der Waals surface area contributed by atoms with E-state index in [4.69, 9.17) is 5.73 Å². The number of nitrogen functional groups attached to an aromatic ring is 1. The Hall–Kier alpha value is -2.01. The number of rotatable bonds is 5. The Morgan fingerprint density at radius 1 is 1.07 bits per heavy atom. The largest absolute Gasteiger partial charge is 0.399 e. The number of fused-ring (bicyclic) bond motifs is 3. The first-order valence-electron chi connectivity index (χ1n) is 8.93. The highest BCUT2D eigenvalue weighted by Gasteiger charge is 2.25. The van der Waals surface area contributed by atoms with Gasteiger partial charge in [-0.2, -0.15) is 0 Å². The number of nitrogens with one attached hydrogen (secondary N) is 1. The van der Waals surface area contributed by atoms with Crippen molar-refractivity contribution >= 4 is 41.8 Å². The highest BCUT2D eigenvalue weighted by Crippen LogP contribution is 2.30. The van der Waals surface area contributed by atoms with Crippen LogP contribution in [0.1, 0.15) is 40.0 Å². The molecule has 27 heavy (non-hydrogen) atoms. The van der Waals surface area contributed by atoms with Crippen LogP contribution in [0.15, 0.2) is 48.7 Å². The summed E-state index contributed by atoms with van der Waals surface area (Å²) < 4.78 is 2.09. The number of nitrogens with two attached hydrogens (primary N) is 1. The number of nitrogens with zero attached hydrogens (tertiary/aromatic N) is 1. The summed E-state index contributed by atoms with van der Waals surface area (Å²) in [6.45, 7) is 1.68. The van der Waals surface area contributed by atoms with Crippen molar-refractivity contribution in [3.63, 3.8) is 0 Å². The lowest BCUT2D eigenvalue weighted by Gasteiger charge is -2.12. The predicted molar refractivity (Wildman–Crippen MR) is 115 cm³/mol. The molecule has 144 valence electrons. The minimum atomic E-state index is 0. The van der Waals surface area contributed by atoms with E-state index in [1.807, 2.05) is 30.5 Å². The number of carbonyl (C=O) groups is 1. The molecule has 2 heterocycles. The van der Waals surface area contributed by atoms with E-state index in [2.05, 4.69) is 27.9 Å². The zero-order valence-electron chi connectivity index (χ0n) is 15.1. The molecular weight excluding hydrogens is 381 g/mol. The van der Waals surface area contributed by atoms with Crippen LogP contribution in [0, 0.1) is 0 Å². The zero-order chi connectivity index (χ0) is 17.2.